The van der Waals surface area contributed by atoms with Crippen molar-refractivity contribution in [2.45, 2.75) is 67.2 Å². The number of anilines is 1. The van der Waals surface area contributed by atoms with Crippen LogP contribution < -0.4 is 16.0 Å². The summed E-state index contributed by atoms with van der Waals surface area (Å²) in [5, 5.41) is 21.6. The lowest BCUT2D eigenvalue weighted by molar-refractivity contribution is -0.164. The number of rotatable bonds is 17. The van der Waals surface area contributed by atoms with Crippen LogP contribution >= 0.6 is 46.2 Å². The van der Waals surface area contributed by atoms with Crippen LogP contribution in [0.4, 0.5) is 9.93 Å². The number of nitrogens with one attached hydrogen (secondary N) is 3. The fourth-order valence-corrected chi connectivity index (χ4v) is 10.4. The maximum absolute atomic E-state index is 14.5. The molecule has 3 aliphatic rings. The zero-order valence-electron chi connectivity index (χ0n) is 32.3. The maximum atomic E-state index is 14.5. The van der Waals surface area contributed by atoms with E-state index in [1.54, 1.807) is 31.2 Å². The second-order valence-corrected chi connectivity index (χ2v) is 19.1. The van der Waals surface area contributed by atoms with Crippen molar-refractivity contribution >= 4 is 87.3 Å². The molecule has 4 heterocycles. The van der Waals surface area contributed by atoms with E-state index in [4.69, 9.17) is 14.3 Å². The topological polar surface area (TPSA) is 203 Å². The number of aromatic nitrogens is 3. The third-order valence-corrected chi connectivity index (χ3v) is 14.0. The predicted octanol–water partition coefficient (Wildman–Crippen LogP) is 5.10. The Morgan fingerprint density at radius 1 is 1.07 bits per heavy atom. The van der Waals surface area contributed by atoms with Crippen molar-refractivity contribution in [2.75, 3.05) is 29.9 Å². The number of thiazole rings is 1. The molecule has 59 heavy (non-hydrogen) atoms. The zero-order valence-corrected chi connectivity index (χ0v) is 35.5. The Morgan fingerprint density at radius 3 is 2.41 bits per heavy atom. The van der Waals surface area contributed by atoms with Gasteiger partial charge < -0.3 is 35.2 Å². The van der Waals surface area contributed by atoms with Crippen molar-refractivity contribution in [3.8, 4) is 0 Å². The number of oxime groups is 1. The van der Waals surface area contributed by atoms with Crippen molar-refractivity contribution in [3.05, 3.63) is 88.4 Å². The quantitative estimate of drug-likeness (QED) is 0.0316. The Bertz CT molecular complexity index is 2110. The van der Waals surface area contributed by atoms with Crippen molar-refractivity contribution in [1.82, 2.24) is 30.7 Å². The van der Waals surface area contributed by atoms with E-state index in [0.29, 0.717) is 16.5 Å². The Labute approximate surface area is 356 Å². The minimum Gasteiger partial charge on any atom is -0.452 e. The van der Waals surface area contributed by atoms with E-state index in [1.807, 2.05) is 60.7 Å². The summed E-state index contributed by atoms with van der Waals surface area (Å²) in [7, 11) is 0. The van der Waals surface area contributed by atoms with Crippen molar-refractivity contribution in [1.29, 1.82) is 0 Å². The van der Waals surface area contributed by atoms with Crippen LogP contribution in [0, 0.1) is 11.3 Å². The summed E-state index contributed by atoms with van der Waals surface area (Å²) in [4.78, 5) is 77.8. The van der Waals surface area contributed by atoms with E-state index in [0.717, 1.165) is 35.3 Å². The number of hydrogen-bond donors (Lipinski definition) is 3. The molecule has 4 amide bonds. The van der Waals surface area contributed by atoms with E-state index in [9.17, 15) is 24.0 Å². The fraction of sp³-hybridized carbons (Fsp3) is 0.410. The number of hydrogen-bond acceptors (Lipinski definition) is 16. The lowest BCUT2D eigenvalue weighted by atomic mass is 9.88. The molecule has 0 spiro atoms. The number of esters is 1. The summed E-state index contributed by atoms with van der Waals surface area (Å²) < 4.78 is 12.4. The molecule has 2 aromatic carbocycles. The molecule has 1 saturated carbocycles. The number of fused-ring (bicyclic) bond motifs is 1. The van der Waals surface area contributed by atoms with Crippen molar-refractivity contribution in [2.24, 2.45) is 16.5 Å². The molecule has 16 nitrogen and oxygen atoms in total. The van der Waals surface area contributed by atoms with Gasteiger partial charge in [-0.25, -0.2) is 9.78 Å². The zero-order chi connectivity index (χ0) is 41.6. The Kier molecular flexibility index (Phi) is 13.2. The number of β-lactam (4-membered cyclic amide) rings is 1. The molecule has 7 rings (SSSR count). The molecule has 2 aliphatic heterocycles. The summed E-state index contributed by atoms with van der Waals surface area (Å²) in [6.45, 7) is 5.42. The first kappa shape index (κ1) is 42.1. The van der Waals surface area contributed by atoms with E-state index in [1.165, 1.54) is 40.2 Å². The van der Waals surface area contributed by atoms with E-state index in [-0.39, 0.29) is 47.2 Å². The Hall–Kier alpha value is -5.05. The van der Waals surface area contributed by atoms with Gasteiger partial charge in [0.1, 0.15) is 39.7 Å². The Morgan fingerprint density at radius 2 is 1.78 bits per heavy atom. The van der Waals surface area contributed by atoms with E-state index >= 15 is 0 Å². The smallest absolute Gasteiger partial charge is 0.407 e. The number of amides is 4. The predicted molar refractivity (Wildman–Crippen MR) is 224 cm³/mol. The highest BCUT2D eigenvalue weighted by atomic mass is 32.2. The molecule has 3 N–H and O–H groups in total. The highest BCUT2D eigenvalue weighted by Crippen LogP contribution is 2.46. The van der Waals surface area contributed by atoms with Gasteiger partial charge in [0.2, 0.25) is 12.3 Å². The van der Waals surface area contributed by atoms with Gasteiger partial charge in [0.05, 0.1) is 6.54 Å². The van der Waals surface area contributed by atoms with Crippen LogP contribution in [0.1, 0.15) is 56.5 Å². The van der Waals surface area contributed by atoms with Gasteiger partial charge in [-0.2, -0.15) is 0 Å². The Balaban J connectivity index is 1.08. The summed E-state index contributed by atoms with van der Waals surface area (Å²) in [6, 6.07) is 18.1. The third kappa shape index (κ3) is 10.4. The molecule has 4 aromatic rings. The first-order valence-corrected chi connectivity index (χ1v) is 22.5. The number of thioether (sulfide) groups is 2. The summed E-state index contributed by atoms with van der Waals surface area (Å²) in [5.41, 5.74) is 1.32. The summed E-state index contributed by atoms with van der Waals surface area (Å²) in [5.74, 6) is -0.904. The summed E-state index contributed by atoms with van der Waals surface area (Å²) in [6.07, 6.45) is 0.297. The van der Waals surface area contributed by atoms with Crippen molar-refractivity contribution in [3.63, 3.8) is 0 Å². The molecule has 2 saturated heterocycles. The van der Waals surface area contributed by atoms with Crippen LogP contribution in [-0.2, 0) is 33.5 Å². The molecule has 0 radical (unpaired) electrons. The largest absolute Gasteiger partial charge is 0.452 e. The first-order chi connectivity index (χ1) is 28.4. The third-order valence-electron chi connectivity index (χ3n) is 9.52. The van der Waals surface area contributed by atoms with Gasteiger partial charge in [0.15, 0.2) is 21.3 Å². The molecule has 20 heteroatoms. The summed E-state index contributed by atoms with van der Waals surface area (Å²) >= 11 is 5.19. The number of ether oxygens (including phenoxy) is 2. The average Bonchev–Trinajstić information content (AvgIpc) is 3.73. The number of carbonyl (C=O) groups is 5. The minimum absolute atomic E-state index is 0.0569. The molecule has 3 fully saturated rings. The van der Waals surface area contributed by atoms with Crippen LogP contribution in [0.15, 0.2) is 81.0 Å². The lowest BCUT2D eigenvalue weighted by Crippen LogP contribution is -2.74. The molecule has 0 bridgehead atoms. The molecule has 3 unspecified atom stereocenters. The van der Waals surface area contributed by atoms with Gasteiger partial charge in [0, 0.05) is 29.3 Å². The number of carbonyl (C=O) groups excluding carboxylic acids is 5. The molecule has 4 atom stereocenters. The molecule has 1 aliphatic carbocycles. The van der Waals surface area contributed by atoms with Crippen LogP contribution in [0.5, 0.6) is 0 Å². The van der Waals surface area contributed by atoms with Crippen LogP contribution in [0.3, 0.4) is 0 Å². The van der Waals surface area contributed by atoms with Crippen LogP contribution in [0.25, 0.3) is 0 Å². The molecular formula is C39H42N8O8S4. The van der Waals surface area contributed by atoms with Crippen molar-refractivity contribution < 1.29 is 38.3 Å². The second-order valence-electron chi connectivity index (χ2n) is 15.1. The minimum atomic E-state index is -1.13. The van der Waals surface area contributed by atoms with Gasteiger partial charge >= 0.3 is 12.1 Å². The monoisotopic (exact) mass is 878 g/mol. The second kappa shape index (κ2) is 18.5. The van der Waals surface area contributed by atoms with Gasteiger partial charge in [-0.05, 0) is 44.7 Å². The van der Waals surface area contributed by atoms with Crippen LogP contribution in [-0.4, -0.2) is 104 Å². The first-order valence-electron chi connectivity index (χ1n) is 18.7. The van der Waals surface area contributed by atoms with Gasteiger partial charge in [-0.15, -0.1) is 33.3 Å². The normalized spacial score (nSPS) is 20.8. The number of alkyl carbamates (subject to hydrolysis) is 1. The van der Waals surface area contributed by atoms with Crippen LogP contribution in [0.2, 0.25) is 0 Å². The molecule has 2 aromatic heterocycles. The maximum Gasteiger partial charge on any atom is 0.407 e. The van der Waals surface area contributed by atoms with Gasteiger partial charge in [-0.1, -0.05) is 88.9 Å². The molecule has 310 valence electrons. The standard InChI is InChI=1S/C39H42N8O8S4/c1-38(2,3)54-36(52)40-16-27(23-14-15-23)55-46-28(26-17-56-35(43-26)41-21-48)31(49)44-29-32(50)47-18-39(19-57-33(29)47,20-58-37-45-42-22-59-37)34(51)53-30(24-10-6-4-7-11-24)25-12-8-5-9-13-25/h4-13,17,21-23,27,29-30,33H,14-16,18-20H2,1-3H3,(H,40,52)(H,44,49)(H,41,43,48)/t27?,29?,33-,39?/m1/s1. The lowest BCUT2D eigenvalue weighted by Gasteiger charge is -2.54. The number of nitrogens with zero attached hydrogens (tertiary/aromatic N) is 5. The van der Waals surface area contributed by atoms with Gasteiger partial charge in [-0.3, -0.25) is 19.2 Å². The molecular weight excluding hydrogens is 837 g/mol. The number of benzene rings is 2. The average molecular weight is 879 g/mol. The van der Waals surface area contributed by atoms with E-state index < -0.39 is 52.6 Å². The highest BCUT2D eigenvalue weighted by Gasteiger charge is 2.58. The van der Waals surface area contributed by atoms with E-state index in [2.05, 4.69) is 36.3 Å². The van der Waals surface area contributed by atoms with Gasteiger partial charge in [0.25, 0.3) is 5.91 Å². The fourth-order valence-electron chi connectivity index (χ4n) is 6.43. The highest BCUT2D eigenvalue weighted by molar-refractivity contribution is 8.01. The SMILES string of the molecule is CC(C)(C)OC(=O)NCC(ON=C(C(=O)NC1C(=O)N2CC(CSc3nncs3)(C(=O)OC(c3ccccc3)c3ccccc3)CS[C@H]12)c1csc(NC=O)n1)C1CC1.